The Bertz CT molecular complexity index is 363. The van der Waals surface area contributed by atoms with Gasteiger partial charge in [-0.2, -0.15) is 0 Å². The van der Waals surface area contributed by atoms with Crippen molar-refractivity contribution >= 4 is 34.8 Å². The van der Waals surface area contributed by atoms with Gasteiger partial charge in [0.25, 0.3) is 0 Å². The predicted octanol–water partition coefficient (Wildman–Crippen LogP) is 3.54. The summed E-state index contributed by atoms with van der Waals surface area (Å²) in [5.41, 5.74) is 0.106. The number of anilines is 1. The van der Waals surface area contributed by atoms with Crippen molar-refractivity contribution < 1.29 is 4.79 Å². The zero-order valence-electron chi connectivity index (χ0n) is 8.68. The average Bonchev–Trinajstić information content (AvgIpc) is 2.17. The second kappa shape index (κ2) is 4.86. The Labute approximate surface area is 99.6 Å². The van der Waals surface area contributed by atoms with E-state index in [2.05, 4.69) is 5.32 Å². The molecule has 0 aliphatic rings. The van der Waals surface area contributed by atoms with Crippen molar-refractivity contribution in [3.05, 3.63) is 29.3 Å². The lowest BCUT2D eigenvalue weighted by Gasteiger charge is -2.20. The van der Waals surface area contributed by atoms with Crippen LogP contribution in [-0.2, 0) is 4.79 Å². The molecular weight excluding hydrogens is 233 g/mol. The van der Waals surface area contributed by atoms with E-state index in [-0.39, 0.29) is 11.8 Å². The first-order chi connectivity index (χ1) is 6.95. The minimum absolute atomic E-state index is 0.111. The lowest BCUT2D eigenvalue weighted by atomic mass is 9.95. The molecule has 82 valence electrons. The van der Waals surface area contributed by atoms with E-state index in [4.69, 9.17) is 23.2 Å². The lowest BCUT2D eigenvalue weighted by molar-refractivity contribution is -0.122. The molecule has 1 N–H and O–H groups in total. The molecule has 0 aliphatic carbocycles. The van der Waals surface area contributed by atoms with Gasteiger partial charge in [0.05, 0.1) is 5.41 Å². The second-order valence-corrected chi connectivity index (χ2v) is 4.69. The highest BCUT2D eigenvalue weighted by molar-refractivity contribution is 6.30. The molecule has 1 rings (SSSR count). The molecule has 0 atom stereocenters. The maximum atomic E-state index is 11.7. The predicted molar refractivity (Wildman–Crippen MR) is 64.6 cm³/mol. The van der Waals surface area contributed by atoms with Crippen molar-refractivity contribution in [2.24, 2.45) is 5.41 Å². The molecule has 2 nitrogen and oxygen atoms in total. The molecule has 4 heteroatoms. The van der Waals surface area contributed by atoms with Gasteiger partial charge in [-0.05, 0) is 32.0 Å². The van der Waals surface area contributed by atoms with Crippen LogP contribution < -0.4 is 5.32 Å². The van der Waals surface area contributed by atoms with Crippen LogP contribution in [0.4, 0.5) is 5.69 Å². The van der Waals surface area contributed by atoms with Crippen LogP contribution in [0.2, 0.25) is 5.02 Å². The molecule has 0 spiro atoms. The number of amides is 1. The van der Waals surface area contributed by atoms with Crippen molar-refractivity contribution in [1.82, 2.24) is 0 Å². The third-order valence-corrected chi connectivity index (χ3v) is 2.93. The van der Waals surface area contributed by atoms with Gasteiger partial charge in [-0.1, -0.05) is 17.7 Å². The molecule has 0 fully saturated rings. The first-order valence-corrected chi connectivity index (χ1v) is 5.50. The van der Waals surface area contributed by atoms with E-state index in [0.29, 0.717) is 10.7 Å². The maximum absolute atomic E-state index is 11.7. The fraction of sp³-hybridized carbons (Fsp3) is 0.364. The van der Waals surface area contributed by atoms with Gasteiger partial charge in [0.15, 0.2) is 0 Å². The Morgan fingerprint density at radius 3 is 2.67 bits per heavy atom. The highest BCUT2D eigenvalue weighted by atomic mass is 35.5. The Morgan fingerprint density at radius 1 is 1.47 bits per heavy atom. The topological polar surface area (TPSA) is 29.1 Å². The average molecular weight is 246 g/mol. The lowest BCUT2D eigenvalue weighted by Crippen LogP contribution is -2.32. The number of benzene rings is 1. The summed E-state index contributed by atoms with van der Waals surface area (Å²) < 4.78 is 0. The summed E-state index contributed by atoms with van der Waals surface area (Å²) in [6.45, 7) is 3.58. The van der Waals surface area contributed by atoms with E-state index in [9.17, 15) is 4.79 Å². The number of carbonyl (C=O) groups is 1. The van der Waals surface area contributed by atoms with Crippen molar-refractivity contribution in [3.8, 4) is 0 Å². The highest BCUT2D eigenvalue weighted by Gasteiger charge is 2.26. The number of rotatable bonds is 3. The molecule has 0 heterocycles. The summed E-state index contributed by atoms with van der Waals surface area (Å²) in [5.74, 6) is 0.166. The Hall–Kier alpha value is -0.730. The Morgan fingerprint density at radius 2 is 2.13 bits per heavy atom. The summed E-state index contributed by atoms with van der Waals surface area (Å²) in [6.07, 6.45) is 0. The summed E-state index contributed by atoms with van der Waals surface area (Å²) in [7, 11) is 0. The maximum Gasteiger partial charge on any atom is 0.231 e. The fourth-order valence-corrected chi connectivity index (χ4v) is 1.24. The number of halogens is 2. The molecule has 0 radical (unpaired) electrons. The van der Waals surface area contributed by atoms with Gasteiger partial charge in [-0.25, -0.2) is 0 Å². The van der Waals surface area contributed by atoms with Crippen LogP contribution in [0.3, 0.4) is 0 Å². The molecule has 0 unspecified atom stereocenters. The van der Waals surface area contributed by atoms with Gasteiger partial charge in [0.2, 0.25) is 5.91 Å². The SMILES string of the molecule is CC(C)(CCl)C(=O)Nc1cccc(Cl)c1. The van der Waals surface area contributed by atoms with E-state index in [0.717, 1.165) is 0 Å². The Kier molecular flexibility index (Phi) is 4.00. The standard InChI is InChI=1S/C11H13Cl2NO/c1-11(2,7-12)10(15)14-9-5-3-4-8(13)6-9/h3-6H,7H2,1-2H3,(H,14,15). The monoisotopic (exact) mass is 245 g/mol. The van der Waals surface area contributed by atoms with Gasteiger partial charge in [-0.15, -0.1) is 11.6 Å². The van der Waals surface area contributed by atoms with Crippen LogP contribution in [-0.4, -0.2) is 11.8 Å². The van der Waals surface area contributed by atoms with Crippen LogP contribution in [0.25, 0.3) is 0 Å². The smallest absolute Gasteiger partial charge is 0.231 e. The first-order valence-electron chi connectivity index (χ1n) is 4.59. The van der Waals surface area contributed by atoms with Crippen LogP contribution in [0, 0.1) is 5.41 Å². The summed E-state index contributed by atoms with van der Waals surface area (Å²) in [5, 5.41) is 3.36. The van der Waals surface area contributed by atoms with Gasteiger partial charge < -0.3 is 5.32 Å². The number of nitrogens with one attached hydrogen (secondary N) is 1. The summed E-state index contributed by atoms with van der Waals surface area (Å²) >= 11 is 11.5. The molecule has 0 saturated heterocycles. The molecule has 1 amide bonds. The van der Waals surface area contributed by atoms with E-state index >= 15 is 0 Å². The molecule has 0 aromatic heterocycles. The third kappa shape index (κ3) is 3.40. The van der Waals surface area contributed by atoms with Crippen LogP contribution in [0.1, 0.15) is 13.8 Å². The van der Waals surface area contributed by atoms with Crippen molar-refractivity contribution in [1.29, 1.82) is 0 Å². The number of hydrogen-bond donors (Lipinski definition) is 1. The van der Waals surface area contributed by atoms with E-state index in [1.807, 2.05) is 0 Å². The largest absolute Gasteiger partial charge is 0.326 e. The Balaban J connectivity index is 2.75. The highest BCUT2D eigenvalue weighted by Crippen LogP contribution is 2.21. The quantitative estimate of drug-likeness (QED) is 0.812. The molecule has 0 saturated carbocycles. The van der Waals surface area contributed by atoms with E-state index in [1.54, 1.807) is 38.1 Å². The molecular formula is C11H13Cl2NO. The van der Waals surface area contributed by atoms with Gasteiger partial charge in [0.1, 0.15) is 0 Å². The normalized spacial score (nSPS) is 11.2. The summed E-state index contributed by atoms with van der Waals surface area (Å²) in [4.78, 5) is 11.7. The minimum Gasteiger partial charge on any atom is -0.326 e. The number of hydrogen-bond acceptors (Lipinski definition) is 1. The first kappa shape index (κ1) is 12.3. The van der Waals surface area contributed by atoms with E-state index < -0.39 is 5.41 Å². The molecule has 0 aliphatic heterocycles. The molecule has 1 aromatic carbocycles. The molecule has 0 bridgehead atoms. The fourth-order valence-electron chi connectivity index (χ4n) is 0.927. The number of carbonyl (C=O) groups excluding carboxylic acids is 1. The second-order valence-electron chi connectivity index (χ2n) is 3.98. The van der Waals surface area contributed by atoms with Gasteiger partial charge in [0, 0.05) is 16.6 Å². The van der Waals surface area contributed by atoms with Gasteiger partial charge in [-0.3, -0.25) is 4.79 Å². The molecule has 1 aromatic rings. The molecule has 15 heavy (non-hydrogen) atoms. The zero-order valence-corrected chi connectivity index (χ0v) is 10.2. The zero-order chi connectivity index (χ0) is 11.5. The third-order valence-electron chi connectivity index (χ3n) is 2.03. The minimum atomic E-state index is -0.579. The van der Waals surface area contributed by atoms with Crippen LogP contribution in [0.5, 0.6) is 0 Å². The van der Waals surface area contributed by atoms with Crippen molar-refractivity contribution in [3.63, 3.8) is 0 Å². The van der Waals surface area contributed by atoms with Crippen LogP contribution >= 0.6 is 23.2 Å². The van der Waals surface area contributed by atoms with E-state index in [1.165, 1.54) is 0 Å². The number of alkyl halides is 1. The van der Waals surface area contributed by atoms with Gasteiger partial charge >= 0.3 is 0 Å². The van der Waals surface area contributed by atoms with Crippen molar-refractivity contribution in [2.75, 3.05) is 11.2 Å². The summed E-state index contributed by atoms with van der Waals surface area (Å²) in [6, 6.07) is 7.02. The van der Waals surface area contributed by atoms with Crippen molar-refractivity contribution in [2.45, 2.75) is 13.8 Å². The van der Waals surface area contributed by atoms with Crippen LogP contribution in [0.15, 0.2) is 24.3 Å².